The van der Waals surface area contributed by atoms with Crippen LogP contribution in [-0.4, -0.2) is 64.5 Å². The van der Waals surface area contributed by atoms with E-state index in [1.165, 1.54) is 36.4 Å². The monoisotopic (exact) mass is 615 g/mol. The number of rotatable bonds is 6. The van der Waals surface area contributed by atoms with Crippen molar-refractivity contribution < 1.29 is 41.6 Å². The molecule has 2 fully saturated rings. The highest BCUT2D eigenvalue weighted by Gasteiger charge is 2.46. The van der Waals surface area contributed by atoms with Gasteiger partial charge in [-0.3, -0.25) is 14.4 Å². The molecular weight excluding hydrogens is 584 g/mol. The summed E-state index contributed by atoms with van der Waals surface area (Å²) in [6.07, 6.45) is -2.88. The SMILES string of the molecule is Cc1c(C)c(=O)[nH][n+](OC(=O)C(F)(F)F)c1Cc1ccc(F)c(C(=O)N2CCN(C3CCC(c4ccccc4)C3)C(=O)C2)c1. The molecule has 1 saturated carbocycles. The number of piperazine rings is 1. The zero-order valence-corrected chi connectivity index (χ0v) is 24.1. The van der Waals surface area contributed by atoms with Crippen LogP contribution >= 0.6 is 0 Å². The van der Waals surface area contributed by atoms with Crippen molar-refractivity contribution in [1.82, 2.24) is 14.9 Å². The van der Waals surface area contributed by atoms with Crippen molar-refractivity contribution in [2.24, 2.45) is 0 Å². The fourth-order valence-electron chi connectivity index (χ4n) is 5.92. The molecule has 1 saturated heterocycles. The first-order chi connectivity index (χ1) is 20.8. The lowest BCUT2D eigenvalue weighted by atomic mass is 9.97. The average Bonchev–Trinajstić information content (AvgIpc) is 3.48. The van der Waals surface area contributed by atoms with E-state index in [2.05, 4.69) is 22.1 Å². The number of amides is 2. The molecule has 2 heterocycles. The summed E-state index contributed by atoms with van der Waals surface area (Å²) in [7, 11) is 0. The fourth-order valence-corrected chi connectivity index (χ4v) is 5.92. The number of nitrogens with one attached hydrogen (secondary N) is 1. The minimum atomic E-state index is -5.32. The minimum Gasteiger partial charge on any atom is -0.336 e. The van der Waals surface area contributed by atoms with Crippen molar-refractivity contribution in [3.05, 3.63) is 98.2 Å². The van der Waals surface area contributed by atoms with Crippen LogP contribution in [0.25, 0.3) is 0 Å². The molecule has 0 radical (unpaired) electrons. The molecule has 2 aliphatic rings. The van der Waals surface area contributed by atoms with Crippen molar-refractivity contribution in [2.45, 2.75) is 57.7 Å². The fraction of sp³-hybridized carbons (Fsp3) is 0.387. The van der Waals surface area contributed by atoms with Crippen molar-refractivity contribution in [2.75, 3.05) is 19.6 Å². The highest BCUT2D eigenvalue weighted by Crippen LogP contribution is 2.37. The summed E-state index contributed by atoms with van der Waals surface area (Å²) < 4.78 is 53.5. The lowest BCUT2D eigenvalue weighted by Crippen LogP contribution is -2.58. The molecule has 232 valence electrons. The van der Waals surface area contributed by atoms with Crippen LogP contribution in [0.2, 0.25) is 0 Å². The normalized spacial score (nSPS) is 18.9. The van der Waals surface area contributed by atoms with E-state index >= 15 is 0 Å². The molecular formula is C31H31F4N4O5+. The van der Waals surface area contributed by atoms with Gasteiger partial charge in [-0.15, -0.1) is 0 Å². The lowest BCUT2D eigenvalue weighted by Gasteiger charge is -2.38. The molecule has 9 nitrogen and oxygen atoms in total. The van der Waals surface area contributed by atoms with Crippen LogP contribution in [0.3, 0.4) is 0 Å². The number of aromatic amines is 1. The van der Waals surface area contributed by atoms with Gasteiger partial charge in [-0.2, -0.15) is 18.0 Å². The number of alkyl halides is 3. The standard InChI is InChI=1S/C31H30F4N4O5/c1-18-19(2)28(41)36-39(44-30(43)31(33,34)35)26(18)15-20-8-11-25(32)24(14-20)29(42)37-12-13-38(27(40)17-37)23-10-9-22(16-23)21-6-4-3-5-7-21/h3-8,11,14,22-23H,9-10,12-13,15-17H2,1-2H3/p+1. The van der Waals surface area contributed by atoms with E-state index in [1.807, 2.05) is 23.1 Å². The van der Waals surface area contributed by atoms with E-state index in [9.17, 15) is 36.7 Å². The van der Waals surface area contributed by atoms with E-state index in [0.29, 0.717) is 22.9 Å². The van der Waals surface area contributed by atoms with Crippen LogP contribution in [0.1, 0.15) is 63.5 Å². The van der Waals surface area contributed by atoms with Crippen molar-refractivity contribution in [3.63, 3.8) is 0 Å². The molecule has 2 unspecified atom stereocenters. The third-order valence-electron chi connectivity index (χ3n) is 8.48. The first kappa shape index (κ1) is 30.9. The molecule has 2 amide bonds. The van der Waals surface area contributed by atoms with Crippen LogP contribution in [0.15, 0.2) is 53.3 Å². The van der Waals surface area contributed by atoms with Gasteiger partial charge in [0.25, 0.3) is 11.6 Å². The van der Waals surface area contributed by atoms with Crippen LogP contribution < -0.4 is 15.2 Å². The van der Waals surface area contributed by atoms with E-state index in [4.69, 9.17) is 0 Å². The van der Waals surface area contributed by atoms with Gasteiger partial charge in [0.05, 0.1) is 12.0 Å². The van der Waals surface area contributed by atoms with Gasteiger partial charge in [0, 0.05) is 30.3 Å². The van der Waals surface area contributed by atoms with Gasteiger partial charge in [0.2, 0.25) is 5.91 Å². The van der Waals surface area contributed by atoms with Crippen LogP contribution in [0, 0.1) is 19.7 Å². The number of benzene rings is 2. The number of carbonyl (C=O) groups excluding carboxylic acids is 3. The van der Waals surface area contributed by atoms with Gasteiger partial charge in [-0.1, -0.05) is 41.5 Å². The Morgan fingerprint density at radius 2 is 1.75 bits per heavy atom. The molecule has 1 aliphatic heterocycles. The zero-order valence-electron chi connectivity index (χ0n) is 24.1. The smallest absolute Gasteiger partial charge is 0.336 e. The molecule has 0 spiro atoms. The third-order valence-corrected chi connectivity index (χ3v) is 8.48. The Morgan fingerprint density at radius 1 is 1.02 bits per heavy atom. The largest absolute Gasteiger partial charge is 0.498 e. The minimum absolute atomic E-state index is 0.0149. The van der Waals surface area contributed by atoms with Crippen LogP contribution in [0.5, 0.6) is 0 Å². The Bertz CT molecular complexity index is 1660. The van der Waals surface area contributed by atoms with Gasteiger partial charge in [-0.25, -0.2) is 9.18 Å². The second kappa shape index (κ2) is 12.2. The maximum atomic E-state index is 14.9. The van der Waals surface area contributed by atoms with Crippen molar-refractivity contribution in [1.29, 1.82) is 0 Å². The summed E-state index contributed by atoms with van der Waals surface area (Å²) in [6.45, 7) is 3.23. The molecule has 3 aromatic rings. The first-order valence-electron chi connectivity index (χ1n) is 14.2. The average molecular weight is 616 g/mol. The molecule has 2 aromatic carbocycles. The summed E-state index contributed by atoms with van der Waals surface area (Å²) >= 11 is 0. The molecule has 1 N–H and O–H groups in total. The number of hydrogen-bond acceptors (Lipinski definition) is 5. The quantitative estimate of drug-likeness (QED) is 0.339. The number of aromatic nitrogens is 2. The van der Waals surface area contributed by atoms with Gasteiger partial charge in [0.1, 0.15) is 17.2 Å². The van der Waals surface area contributed by atoms with E-state index in [-0.39, 0.29) is 53.8 Å². The molecule has 1 aliphatic carbocycles. The molecule has 5 rings (SSSR count). The highest BCUT2D eigenvalue weighted by atomic mass is 19.4. The van der Waals surface area contributed by atoms with Crippen molar-refractivity contribution in [3.8, 4) is 0 Å². The number of carbonyl (C=O) groups is 3. The molecule has 1 aromatic heterocycles. The molecule has 0 bridgehead atoms. The van der Waals surface area contributed by atoms with E-state index in [1.54, 1.807) is 0 Å². The number of halogens is 4. The lowest BCUT2D eigenvalue weighted by molar-refractivity contribution is -0.921. The third kappa shape index (κ3) is 6.36. The van der Waals surface area contributed by atoms with E-state index < -0.39 is 29.4 Å². The maximum absolute atomic E-state index is 14.9. The topological polar surface area (TPSA) is 104 Å². The number of H-pyrrole nitrogens is 1. The summed E-state index contributed by atoms with van der Waals surface area (Å²) in [5.74, 6) is -3.94. The Balaban J connectivity index is 1.31. The van der Waals surface area contributed by atoms with Crippen LogP contribution in [0.4, 0.5) is 17.6 Å². The van der Waals surface area contributed by atoms with Gasteiger partial charge >= 0.3 is 17.7 Å². The van der Waals surface area contributed by atoms with E-state index in [0.717, 1.165) is 25.3 Å². The van der Waals surface area contributed by atoms with Gasteiger partial charge in [-0.05, 0) is 62.3 Å². The summed E-state index contributed by atoms with van der Waals surface area (Å²) in [6, 6.07) is 13.8. The molecule has 13 heteroatoms. The van der Waals surface area contributed by atoms with Crippen LogP contribution in [-0.2, 0) is 16.0 Å². The Morgan fingerprint density at radius 3 is 2.43 bits per heavy atom. The highest BCUT2D eigenvalue weighted by molar-refractivity contribution is 5.97. The molecule has 44 heavy (non-hydrogen) atoms. The van der Waals surface area contributed by atoms with Gasteiger partial charge in [0.15, 0.2) is 0 Å². The predicted molar refractivity (Wildman–Crippen MR) is 148 cm³/mol. The summed E-state index contributed by atoms with van der Waals surface area (Å²) in [4.78, 5) is 58.1. The number of nitrogens with zero attached hydrogens (tertiary/aromatic N) is 3. The maximum Gasteiger partial charge on any atom is 0.498 e. The Hall–Kier alpha value is -4.55. The van der Waals surface area contributed by atoms with Crippen molar-refractivity contribution >= 4 is 17.8 Å². The second-order valence-electron chi connectivity index (χ2n) is 11.2. The zero-order chi connectivity index (χ0) is 31.8. The molecule has 2 atom stereocenters. The Labute approximate surface area is 250 Å². The predicted octanol–water partition coefficient (Wildman–Crippen LogP) is 3.15. The van der Waals surface area contributed by atoms with Gasteiger partial charge < -0.3 is 9.80 Å². The Kier molecular flexibility index (Phi) is 8.57. The second-order valence-corrected chi connectivity index (χ2v) is 11.2. The first-order valence-corrected chi connectivity index (χ1v) is 14.2. The summed E-state index contributed by atoms with van der Waals surface area (Å²) in [5.41, 5.74) is 0.848. The summed E-state index contributed by atoms with van der Waals surface area (Å²) in [5, 5.41) is 2.08. The number of hydrogen-bond donors (Lipinski definition) is 1.